The summed E-state index contributed by atoms with van der Waals surface area (Å²) in [5.74, 6) is 0. The maximum Gasteiger partial charge on any atom is -0.0143 e. The molecule has 0 saturated carbocycles. The Balaban J connectivity index is 2.07. The van der Waals surface area contributed by atoms with Gasteiger partial charge in [-0.25, -0.2) is 0 Å². The minimum atomic E-state index is 1.24. The van der Waals surface area contributed by atoms with Crippen LogP contribution in [-0.4, -0.2) is 0 Å². The second-order valence-electron chi connectivity index (χ2n) is 5.71. The zero-order chi connectivity index (χ0) is 11.7. The maximum absolute atomic E-state index is 2.46. The van der Waals surface area contributed by atoms with Gasteiger partial charge >= 0.3 is 0 Å². The van der Waals surface area contributed by atoms with Crippen molar-refractivity contribution in [1.82, 2.24) is 0 Å². The molecule has 0 unspecified atom stereocenters. The van der Waals surface area contributed by atoms with Crippen LogP contribution in [-0.2, 0) is 25.7 Å². The first-order chi connectivity index (χ1) is 8.90. The molecule has 0 aliphatic heterocycles. The molecule has 3 aromatic carbocycles. The van der Waals surface area contributed by atoms with Crippen LogP contribution >= 0.6 is 0 Å². The molecule has 4 bridgehead atoms. The molecule has 18 heavy (non-hydrogen) atoms. The van der Waals surface area contributed by atoms with Crippen LogP contribution in [0.3, 0.4) is 0 Å². The van der Waals surface area contributed by atoms with Crippen LogP contribution in [0.5, 0.6) is 0 Å². The molecule has 0 nitrogen and oxygen atoms in total. The van der Waals surface area contributed by atoms with Crippen LogP contribution in [0.1, 0.15) is 22.3 Å². The van der Waals surface area contributed by atoms with Crippen molar-refractivity contribution in [2.75, 3.05) is 0 Å². The van der Waals surface area contributed by atoms with Gasteiger partial charge < -0.3 is 0 Å². The smallest absolute Gasteiger partial charge is 0.0143 e. The summed E-state index contributed by atoms with van der Waals surface area (Å²) in [7, 11) is 0. The van der Waals surface area contributed by atoms with E-state index in [1.54, 1.807) is 22.3 Å². The Morgan fingerprint density at radius 3 is 0.944 bits per heavy atom. The van der Waals surface area contributed by atoms with Gasteiger partial charge in [0.25, 0.3) is 0 Å². The standard InChI is InChI=1S/C18H14/c1-2-12-4-3-11(1)15-9-17-13-5-7-14(8-6-13)18(17)10-16(12)15/h1-2,5,7,9-10H,3-4,6,8H2. The molecule has 0 radical (unpaired) electrons. The number of hydrogen-bond donors (Lipinski definition) is 0. The Morgan fingerprint density at radius 2 is 0.722 bits per heavy atom. The Hall–Kier alpha value is -1.82. The lowest BCUT2D eigenvalue weighted by molar-refractivity contribution is 0.941. The number of fused-ring (bicyclic) bond motifs is 4. The maximum atomic E-state index is 2.46. The summed E-state index contributed by atoms with van der Waals surface area (Å²) in [5, 5.41) is 6.02. The highest BCUT2D eigenvalue weighted by Gasteiger charge is 2.18. The van der Waals surface area contributed by atoms with Crippen molar-refractivity contribution in [1.29, 1.82) is 0 Å². The summed E-state index contributed by atoms with van der Waals surface area (Å²) in [6.45, 7) is 0. The molecule has 0 N–H and O–H groups in total. The van der Waals surface area contributed by atoms with E-state index in [-0.39, 0.29) is 0 Å². The van der Waals surface area contributed by atoms with Gasteiger partial charge in [-0.3, -0.25) is 0 Å². The van der Waals surface area contributed by atoms with E-state index < -0.39 is 0 Å². The first kappa shape index (κ1) is 9.16. The summed E-state index contributed by atoms with van der Waals surface area (Å²) >= 11 is 0. The third-order valence-electron chi connectivity index (χ3n) is 4.84. The van der Waals surface area contributed by atoms with Gasteiger partial charge in [0.15, 0.2) is 0 Å². The molecule has 4 aliphatic rings. The van der Waals surface area contributed by atoms with Gasteiger partial charge in [0.1, 0.15) is 0 Å². The lowest BCUT2D eigenvalue weighted by Gasteiger charge is -2.22. The number of aryl methyl sites for hydroxylation is 4. The molecule has 0 amide bonds. The van der Waals surface area contributed by atoms with Crippen molar-refractivity contribution >= 4 is 21.5 Å². The highest BCUT2D eigenvalue weighted by Crippen LogP contribution is 2.37. The molecule has 0 fully saturated rings. The fourth-order valence-corrected chi connectivity index (χ4v) is 3.83. The van der Waals surface area contributed by atoms with Crippen LogP contribution in [0, 0.1) is 0 Å². The first-order valence-corrected chi connectivity index (χ1v) is 6.89. The molecule has 0 heteroatoms. The summed E-state index contributed by atoms with van der Waals surface area (Å²) in [5.41, 5.74) is 6.16. The average Bonchev–Trinajstić information content (AvgIpc) is 2.48. The van der Waals surface area contributed by atoms with Crippen LogP contribution < -0.4 is 0 Å². The molecule has 0 heterocycles. The van der Waals surface area contributed by atoms with Gasteiger partial charge in [0, 0.05) is 0 Å². The Labute approximate surface area is 106 Å². The lowest BCUT2D eigenvalue weighted by atomic mass is 9.82. The van der Waals surface area contributed by atoms with Gasteiger partial charge in [0.2, 0.25) is 0 Å². The summed E-state index contributed by atoms with van der Waals surface area (Å²) in [4.78, 5) is 0. The minimum absolute atomic E-state index is 1.24. The van der Waals surface area contributed by atoms with Crippen molar-refractivity contribution < 1.29 is 0 Å². The first-order valence-electron chi connectivity index (χ1n) is 6.89. The van der Waals surface area contributed by atoms with Crippen molar-refractivity contribution in [3.8, 4) is 0 Å². The van der Waals surface area contributed by atoms with E-state index in [2.05, 4.69) is 36.4 Å². The van der Waals surface area contributed by atoms with E-state index >= 15 is 0 Å². The topological polar surface area (TPSA) is 0 Å². The molecular weight excluding hydrogens is 216 g/mol. The molecule has 0 aromatic heterocycles. The van der Waals surface area contributed by atoms with E-state index in [0.29, 0.717) is 0 Å². The SMILES string of the molecule is c1cc2c3cc4c5ccc(c4cc3c1CC2)CC5. The number of benzene rings is 3. The Morgan fingerprint density at radius 1 is 0.444 bits per heavy atom. The second-order valence-corrected chi connectivity index (χ2v) is 5.71. The van der Waals surface area contributed by atoms with Gasteiger partial charge in [-0.15, -0.1) is 0 Å². The minimum Gasteiger partial charge on any atom is -0.0581 e. The van der Waals surface area contributed by atoms with E-state index in [9.17, 15) is 0 Å². The zero-order valence-corrected chi connectivity index (χ0v) is 10.3. The Bertz CT molecular complexity index is 687. The molecule has 4 aliphatic carbocycles. The predicted octanol–water partition coefficient (Wildman–Crippen LogP) is 4.19. The van der Waals surface area contributed by atoms with Crippen molar-refractivity contribution in [2.45, 2.75) is 25.7 Å². The van der Waals surface area contributed by atoms with Crippen molar-refractivity contribution in [2.24, 2.45) is 0 Å². The third-order valence-corrected chi connectivity index (χ3v) is 4.84. The van der Waals surface area contributed by atoms with Crippen LogP contribution in [0.4, 0.5) is 0 Å². The van der Waals surface area contributed by atoms with Crippen LogP contribution in [0.2, 0.25) is 0 Å². The van der Waals surface area contributed by atoms with Crippen molar-refractivity contribution in [3.05, 3.63) is 58.7 Å². The quantitative estimate of drug-likeness (QED) is 0.508. The largest absolute Gasteiger partial charge is 0.0581 e. The summed E-state index contributed by atoms with van der Waals surface area (Å²) < 4.78 is 0. The molecule has 0 spiro atoms. The normalized spacial score (nSPS) is 16.0. The Kier molecular flexibility index (Phi) is 1.50. The lowest BCUT2D eigenvalue weighted by Crippen LogP contribution is -2.05. The molecule has 86 valence electrons. The summed E-state index contributed by atoms with van der Waals surface area (Å²) in [6, 6.07) is 14.2. The van der Waals surface area contributed by atoms with E-state index in [4.69, 9.17) is 0 Å². The van der Waals surface area contributed by atoms with E-state index in [1.165, 1.54) is 47.2 Å². The average molecular weight is 230 g/mol. The highest BCUT2D eigenvalue weighted by atomic mass is 14.2. The van der Waals surface area contributed by atoms with Crippen molar-refractivity contribution in [3.63, 3.8) is 0 Å². The molecule has 0 atom stereocenters. The fraction of sp³-hybridized carbons (Fsp3) is 0.222. The van der Waals surface area contributed by atoms with Gasteiger partial charge in [-0.1, -0.05) is 24.3 Å². The second kappa shape index (κ2) is 2.95. The van der Waals surface area contributed by atoms with E-state index in [1.807, 2.05) is 0 Å². The molecule has 0 saturated heterocycles. The van der Waals surface area contributed by atoms with Crippen LogP contribution in [0.25, 0.3) is 21.5 Å². The zero-order valence-electron chi connectivity index (χ0n) is 10.3. The van der Waals surface area contributed by atoms with Gasteiger partial charge in [0.05, 0.1) is 0 Å². The van der Waals surface area contributed by atoms with E-state index in [0.717, 1.165) is 0 Å². The highest BCUT2D eigenvalue weighted by molar-refractivity contribution is 6.04. The number of hydrogen-bond acceptors (Lipinski definition) is 0. The summed E-state index contributed by atoms with van der Waals surface area (Å²) in [6.07, 6.45) is 4.94. The predicted molar refractivity (Wildman–Crippen MR) is 76.3 cm³/mol. The molecule has 3 aromatic rings. The fourth-order valence-electron chi connectivity index (χ4n) is 3.83. The van der Waals surface area contributed by atoms with Gasteiger partial charge in [-0.2, -0.15) is 0 Å². The monoisotopic (exact) mass is 230 g/mol. The van der Waals surface area contributed by atoms with Gasteiger partial charge in [-0.05, 0) is 81.6 Å². The van der Waals surface area contributed by atoms with Crippen LogP contribution in [0.15, 0.2) is 36.4 Å². The third kappa shape index (κ3) is 0.978. The molecular formula is C18H14. The molecule has 7 rings (SSSR count). The number of rotatable bonds is 0.